The summed E-state index contributed by atoms with van der Waals surface area (Å²) in [6.07, 6.45) is 5.00. The lowest BCUT2D eigenvalue weighted by atomic mass is 9.95. The van der Waals surface area contributed by atoms with E-state index in [1.807, 2.05) is 53.4 Å². The molecule has 30 heavy (non-hydrogen) atoms. The molecule has 2 bridgehead atoms. The fraction of sp³-hybridized carbons (Fsp3) is 0.417. The average molecular weight is 441 g/mol. The standard InChI is InChI=1S/C24H25ClN2O2S/c25-20-9-2-15(3-10-20)13-27-22(28)14-30-24(27)18-7-5-17(6-8-18)23(29)26-21-12-16-1-4-19(21)11-16/h2-3,5-10,16,19,21,24H,1,4,11-14H2,(H,26,29)/t16-,19-,21-,24+/m0/s1. The zero-order chi connectivity index (χ0) is 20.7. The van der Waals surface area contributed by atoms with Crippen LogP contribution in [0.4, 0.5) is 0 Å². The van der Waals surface area contributed by atoms with Gasteiger partial charge < -0.3 is 10.2 Å². The van der Waals surface area contributed by atoms with E-state index in [0.29, 0.717) is 34.8 Å². The summed E-state index contributed by atoms with van der Waals surface area (Å²) >= 11 is 7.61. The smallest absolute Gasteiger partial charge is 0.251 e. The van der Waals surface area contributed by atoms with Gasteiger partial charge in [0.1, 0.15) is 5.37 Å². The van der Waals surface area contributed by atoms with Gasteiger partial charge in [-0.1, -0.05) is 42.3 Å². The van der Waals surface area contributed by atoms with Crippen LogP contribution >= 0.6 is 23.4 Å². The van der Waals surface area contributed by atoms with Crippen LogP contribution in [0.1, 0.15) is 52.5 Å². The molecule has 2 amide bonds. The minimum Gasteiger partial charge on any atom is -0.349 e. The summed E-state index contributed by atoms with van der Waals surface area (Å²) in [6.45, 7) is 0.556. The van der Waals surface area contributed by atoms with Crippen molar-refractivity contribution in [2.24, 2.45) is 11.8 Å². The number of hydrogen-bond donors (Lipinski definition) is 1. The monoisotopic (exact) mass is 440 g/mol. The van der Waals surface area contributed by atoms with Crippen molar-refractivity contribution in [3.63, 3.8) is 0 Å². The summed E-state index contributed by atoms with van der Waals surface area (Å²) in [5, 5.41) is 3.91. The van der Waals surface area contributed by atoms with Crippen LogP contribution in [0, 0.1) is 11.8 Å². The molecule has 156 valence electrons. The quantitative estimate of drug-likeness (QED) is 0.709. The normalized spacial score (nSPS) is 27.6. The number of hydrogen-bond acceptors (Lipinski definition) is 3. The highest BCUT2D eigenvalue weighted by atomic mass is 35.5. The summed E-state index contributed by atoms with van der Waals surface area (Å²) in [6, 6.07) is 15.7. The van der Waals surface area contributed by atoms with Crippen molar-refractivity contribution >= 4 is 35.2 Å². The lowest BCUT2D eigenvalue weighted by molar-refractivity contribution is -0.128. The first-order valence-corrected chi connectivity index (χ1v) is 12.1. The fourth-order valence-corrected chi connectivity index (χ4v) is 6.47. The highest BCUT2D eigenvalue weighted by Gasteiger charge is 2.40. The summed E-state index contributed by atoms with van der Waals surface area (Å²) in [7, 11) is 0. The van der Waals surface area contributed by atoms with E-state index in [9.17, 15) is 9.59 Å². The molecule has 4 atom stereocenters. The Morgan fingerprint density at radius 3 is 2.50 bits per heavy atom. The van der Waals surface area contributed by atoms with E-state index >= 15 is 0 Å². The largest absolute Gasteiger partial charge is 0.349 e. The van der Waals surface area contributed by atoms with E-state index in [1.165, 1.54) is 19.3 Å². The summed E-state index contributed by atoms with van der Waals surface area (Å²) < 4.78 is 0. The number of nitrogens with one attached hydrogen (secondary N) is 1. The molecule has 1 N–H and O–H groups in total. The van der Waals surface area contributed by atoms with Crippen LogP contribution < -0.4 is 5.32 Å². The highest BCUT2D eigenvalue weighted by molar-refractivity contribution is 8.00. The molecule has 1 aliphatic heterocycles. The Morgan fingerprint density at radius 1 is 1.07 bits per heavy atom. The van der Waals surface area contributed by atoms with Gasteiger partial charge in [-0.25, -0.2) is 0 Å². The van der Waals surface area contributed by atoms with Crippen LogP contribution in [0.3, 0.4) is 0 Å². The van der Waals surface area contributed by atoms with Gasteiger partial charge in [0.15, 0.2) is 0 Å². The Balaban J connectivity index is 1.26. The van der Waals surface area contributed by atoms with Crippen LogP contribution in [-0.2, 0) is 11.3 Å². The summed E-state index contributed by atoms with van der Waals surface area (Å²) in [5.74, 6) is 2.11. The van der Waals surface area contributed by atoms with Crippen molar-refractivity contribution in [3.05, 3.63) is 70.2 Å². The summed E-state index contributed by atoms with van der Waals surface area (Å²) in [4.78, 5) is 27.1. The van der Waals surface area contributed by atoms with E-state index in [1.54, 1.807) is 11.8 Å². The molecular formula is C24H25ClN2O2S. The minimum absolute atomic E-state index is 0.0206. The number of fused-ring (bicyclic) bond motifs is 2. The number of thioether (sulfide) groups is 1. The van der Waals surface area contributed by atoms with Gasteiger partial charge in [-0.15, -0.1) is 11.8 Å². The van der Waals surface area contributed by atoms with E-state index in [0.717, 1.165) is 23.5 Å². The molecule has 1 heterocycles. The molecular weight excluding hydrogens is 416 g/mol. The third-order valence-corrected chi connectivity index (χ3v) is 8.25. The number of nitrogens with zero attached hydrogens (tertiary/aromatic N) is 1. The van der Waals surface area contributed by atoms with Gasteiger partial charge in [-0.3, -0.25) is 9.59 Å². The first kappa shape index (κ1) is 20.0. The average Bonchev–Trinajstić information content (AvgIpc) is 3.47. The predicted molar refractivity (Wildman–Crippen MR) is 120 cm³/mol. The fourth-order valence-electron chi connectivity index (χ4n) is 5.16. The topological polar surface area (TPSA) is 49.4 Å². The molecule has 6 heteroatoms. The van der Waals surface area contributed by atoms with E-state index < -0.39 is 0 Å². The van der Waals surface area contributed by atoms with Gasteiger partial charge >= 0.3 is 0 Å². The van der Waals surface area contributed by atoms with Crippen LogP contribution in [0.5, 0.6) is 0 Å². The number of carbonyl (C=O) groups is 2. The number of rotatable bonds is 5. The van der Waals surface area contributed by atoms with Crippen molar-refractivity contribution in [3.8, 4) is 0 Å². The van der Waals surface area contributed by atoms with Gasteiger partial charge in [-0.2, -0.15) is 0 Å². The molecule has 0 radical (unpaired) electrons. The Hall–Kier alpha value is -1.98. The van der Waals surface area contributed by atoms with Gasteiger partial charge in [0.05, 0.1) is 5.75 Å². The molecule has 0 aromatic heterocycles. The molecule has 5 rings (SSSR count). The molecule has 0 unspecified atom stereocenters. The van der Waals surface area contributed by atoms with Gasteiger partial charge in [0.2, 0.25) is 5.91 Å². The number of halogens is 1. The molecule has 0 spiro atoms. The summed E-state index contributed by atoms with van der Waals surface area (Å²) in [5.41, 5.74) is 2.80. The maximum atomic E-state index is 12.7. The van der Waals surface area contributed by atoms with E-state index in [-0.39, 0.29) is 17.2 Å². The van der Waals surface area contributed by atoms with Crippen LogP contribution in [0.15, 0.2) is 48.5 Å². The first-order valence-electron chi connectivity index (χ1n) is 10.6. The molecule has 2 aromatic rings. The second-order valence-corrected chi connectivity index (χ2v) is 10.2. The molecule has 3 fully saturated rings. The Morgan fingerprint density at radius 2 is 1.83 bits per heavy atom. The lowest BCUT2D eigenvalue weighted by Crippen LogP contribution is -2.38. The Bertz CT molecular complexity index is 947. The maximum Gasteiger partial charge on any atom is 0.251 e. The van der Waals surface area contributed by atoms with Gasteiger partial charge in [-0.05, 0) is 66.5 Å². The third kappa shape index (κ3) is 3.97. The van der Waals surface area contributed by atoms with Crippen molar-refractivity contribution in [1.29, 1.82) is 0 Å². The lowest BCUT2D eigenvalue weighted by Gasteiger charge is -2.25. The number of benzene rings is 2. The van der Waals surface area contributed by atoms with Crippen LogP contribution in [-0.4, -0.2) is 28.5 Å². The zero-order valence-electron chi connectivity index (χ0n) is 16.7. The second-order valence-electron chi connectivity index (χ2n) is 8.69. The SMILES string of the molecule is O=C(N[C@H]1C[C@H]2CC[C@H]1C2)c1ccc([C@H]2SCC(=O)N2Cc2ccc(Cl)cc2)cc1. The molecule has 3 aliphatic rings. The third-order valence-electron chi connectivity index (χ3n) is 6.75. The van der Waals surface area contributed by atoms with Gasteiger partial charge in [0, 0.05) is 23.2 Å². The Labute approximate surface area is 186 Å². The first-order chi connectivity index (χ1) is 14.6. The predicted octanol–water partition coefficient (Wildman–Crippen LogP) is 5.03. The van der Waals surface area contributed by atoms with Crippen molar-refractivity contribution in [2.45, 2.75) is 43.6 Å². The second kappa shape index (κ2) is 8.27. The van der Waals surface area contributed by atoms with Gasteiger partial charge in [0.25, 0.3) is 5.91 Å². The minimum atomic E-state index is -0.0316. The molecule has 4 nitrogen and oxygen atoms in total. The molecule has 2 aliphatic carbocycles. The van der Waals surface area contributed by atoms with Crippen molar-refractivity contribution < 1.29 is 9.59 Å². The Kier molecular flexibility index (Phi) is 5.50. The molecule has 2 saturated carbocycles. The molecule has 1 saturated heterocycles. The highest BCUT2D eigenvalue weighted by Crippen LogP contribution is 2.44. The van der Waals surface area contributed by atoms with Crippen LogP contribution in [0.25, 0.3) is 0 Å². The number of amides is 2. The maximum absolute atomic E-state index is 12.7. The molecule has 2 aromatic carbocycles. The van der Waals surface area contributed by atoms with E-state index in [2.05, 4.69) is 5.32 Å². The van der Waals surface area contributed by atoms with Crippen molar-refractivity contribution in [1.82, 2.24) is 10.2 Å². The van der Waals surface area contributed by atoms with Crippen molar-refractivity contribution in [2.75, 3.05) is 5.75 Å². The van der Waals surface area contributed by atoms with E-state index in [4.69, 9.17) is 11.6 Å². The number of carbonyl (C=O) groups excluding carboxylic acids is 2. The zero-order valence-corrected chi connectivity index (χ0v) is 18.3. The van der Waals surface area contributed by atoms with Crippen LogP contribution in [0.2, 0.25) is 5.02 Å².